The maximum absolute atomic E-state index is 11.9. The van der Waals surface area contributed by atoms with E-state index in [1.807, 2.05) is 18.2 Å². The van der Waals surface area contributed by atoms with Crippen LogP contribution in [0.15, 0.2) is 54.6 Å². The van der Waals surface area contributed by atoms with Crippen LogP contribution in [-0.4, -0.2) is 11.8 Å². The first-order valence-corrected chi connectivity index (χ1v) is 5.86. The van der Waals surface area contributed by atoms with Crippen LogP contribution in [-0.2, 0) is 4.79 Å². The molecule has 0 aliphatic carbocycles. The summed E-state index contributed by atoms with van der Waals surface area (Å²) in [5.74, 6) is -0.738. The standard InChI is InChI=1S/C15H14N2O2/c1-11(18)17(12-7-3-2-4-8-12)14-10-6-5-9-13(14)15(16)19/h2-10H,1H3,(H2,16,19). The molecule has 0 saturated carbocycles. The molecule has 0 atom stereocenters. The number of anilines is 2. The van der Waals surface area contributed by atoms with Crippen LogP contribution in [0.25, 0.3) is 0 Å². The van der Waals surface area contributed by atoms with Crippen LogP contribution in [0.1, 0.15) is 17.3 Å². The van der Waals surface area contributed by atoms with Gasteiger partial charge < -0.3 is 5.73 Å². The summed E-state index contributed by atoms with van der Waals surface area (Å²) < 4.78 is 0. The molecule has 2 aromatic carbocycles. The number of hydrogen-bond donors (Lipinski definition) is 1. The van der Waals surface area contributed by atoms with E-state index < -0.39 is 5.91 Å². The van der Waals surface area contributed by atoms with Gasteiger partial charge in [-0.3, -0.25) is 14.5 Å². The summed E-state index contributed by atoms with van der Waals surface area (Å²) in [5, 5.41) is 0. The first-order valence-electron chi connectivity index (χ1n) is 5.86. The topological polar surface area (TPSA) is 63.4 Å². The smallest absolute Gasteiger partial charge is 0.250 e. The lowest BCUT2D eigenvalue weighted by Crippen LogP contribution is -2.26. The number of amides is 2. The van der Waals surface area contributed by atoms with Crippen molar-refractivity contribution in [3.63, 3.8) is 0 Å². The zero-order valence-corrected chi connectivity index (χ0v) is 10.5. The van der Waals surface area contributed by atoms with Crippen LogP contribution >= 0.6 is 0 Å². The summed E-state index contributed by atoms with van der Waals surface area (Å²) in [6, 6.07) is 15.9. The lowest BCUT2D eigenvalue weighted by Gasteiger charge is -2.23. The number of carbonyl (C=O) groups excluding carboxylic acids is 2. The van der Waals surface area contributed by atoms with Gasteiger partial charge in [-0.25, -0.2) is 0 Å². The maximum atomic E-state index is 11.9. The summed E-state index contributed by atoms with van der Waals surface area (Å²) >= 11 is 0. The molecule has 0 aliphatic rings. The molecule has 96 valence electrons. The molecule has 0 aliphatic heterocycles. The largest absolute Gasteiger partial charge is 0.366 e. The summed E-state index contributed by atoms with van der Waals surface area (Å²) in [6.07, 6.45) is 0. The van der Waals surface area contributed by atoms with Crippen LogP contribution in [0.2, 0.25) is 0 Å². The fourth-order valence-electron chi connectivity index (χ4n) is 1.94. The number of para-hydroxylation sites is 2. The van der Waals surface area contributed by atoms with E-state index in [0.29, 0.717) is 16.9 Å². The van der Waals surface area contributed by atoms with Crippen molar-refractivity contribution >= 4 is 23.2 Å². The summed E-state index contributed by atoms with van der Waals surface area (Å²) in [7, 11) is 0. The fraction of sp³-hybridized carbons (Fsp3) is 0.0667. The Morgan fingerprint density at radius 2 is 1.53 bits per heavy atom. The average Bonchev–Trinajstić information content (AvgIpc) is 2.40. The van der Waals surface area contributed by atoms with E-state index in [2.05, 4.69) is 0 Å². The van der Waals surface area contributed by atoms with Crippen molar-refractivity contribution in [2.24, 2.45) is 5.73 Å². The third-order valence-corrected chi connectivity index (χ3v) is 2.74. The Balaban J connectivity index is 2.59. The Kier molecular flexibility index (Phi) is 3.61. The molecule has 0 aromatic heterocycles. The minimum atomic E-state index is -0.558. The highest BCUT2D eigenvalue weighted by molar-refractivity contribution is 6.07. The number of carbonyl (C=O) groups is 2. The summed E-state index contributed by atoms with van der Waals surface area (Å²) in [5.41, 5.74) is 6.87. The summed E-state index contributed by atoms with van der Waals surface area (Å²) in [6.45, 7) is 1.45. The molecular formula is C15H14N2O2. The van der Waals surface area contributed by atoms with E-state index in [-0.39, 0.29) is 5.91 Å². The van der Waals surface area contributed by atoms with Crippen molar-refractivity contribution in [1.82, 2.24) is 0 Å². The zero-order valence-electron chi connectivity index (χ0n) is 10.5. The number of hydrogen-bond acceptors (Lipinski definition) is 2. The van der Waals surface area contributed by atoms with E-state index in [1.165, 1.54) is 11.8 Å². The normalized spacial score (nSPS) is 9.95. The van der Waals surface area contributed by atoms with Gasteiger partial charge in [-0.2, -0.15) is 0 Å². The van der Waals surface area contributed by atoms with Gasteiger partial charge in [-0.1, -0.05) is 30.3 Å². The van der Waals surface area contributed by atoms with Crippen molar-refractivity contribution in [3.05, 3.63) is 60.2 Å². The number of nitrogens with zero attached hydrogens (tertiary/aromatic N) is 1. The Morgan fingerprint density at radius 1 is 0.947 bits per heavy atom. The van der Waals surface area contributed by atoms with Gasteiger partial charge in [0.2, 0.25) is 5.91 Å². The van der Waals surface area contributed by atoms with Gasteiger partial charge in [-0.15, -0.1) is 0 Å². The van der Waals surface area contributed by atoms with Gasteiger partial charge >= 0.3 is 0 Å². The van der Waals surface area contributed by atoms with Crippen molar-refractivity contribution in [2.45, 2.75) is 6.92 Å². The van der Waals surface area contributed by atoms with Crippen LogP contribution in [0.3, 0.4) is 0 Å². The minimum Gasteiger partial charge on any atom is -0.366 e. The van der Waals surface area contributed by atoms with Gasteiger partial charge in [-0.05, 0) is 24.3 Å². The Morgan fingerprint density at radius 3 is 2.11 bits per heavy atom. The van der Waals surface area contributed by atoms with Crippen LogP contribution in [0.5, 0.6) is 0 Å². The number of primary amides is 1. The number of rotatable bonds is 3. The molecule has 4 heteroatoms. The molecule has 0 fully saturated rings. The molecule has 2 N–H and O–H groups in total. The van der Waals surface area contributed by atoms with Crippen LogP contribution in [0.4, 0.5) is 11.4 Å². The van der Waals surface area contributed by atoms with E-state index in [1.54, 1.807) is 36.4 Å². The second kappa shape index (κ2) is 5.35. The minimum absolute atomic E-state index is 0.181. The van der Waals surface area contributed by atoms with E-state index in [9.17, 15) is 9.59 Å². The molecule has 0 saturated heterocycles. The van der Waals surface area contributed by atoms with Crippen molar-refractivity contribution in [1.29, 1.82) is 0 Å². The highest BCUT2D eigenvalue weighted by Crippen LogP contribution is 2.28. The lowest BCUT2D eigenvalue weighted by atomic mass is 10.1. The molecule has 0 bridgehead atoms. The molecule has 2 aromatic rings. The molecule has 0 radical (unpaired) electrons. The van der Waals surface area contributed by atoms with Crippen molar-refractivity contribution < 1.29 is 9.59 Å². The van der Waals surface area contributed by atoms with E-state index >= 15 is 0 Å². The number of benzene rings is 2. The zero-order chi connectivity index (χ0) is 13.8. The van der Waals surface area contributed by atoms with Crippen LogP contribution < -0.4 is 10.6 Å². The Hall–Kier alpha value is -2.62. The van der Waals surface area contributed by atoms with Gasteiger partial charge in [0.25, 0.3) is 5.91 Å². The third-order valence-electron chi connectivity index (χ3n) is 2.74. The highest BCUT2D eigenvalue weighted by atomic mass is 16.2. The molecule has 0 spiro atoms. The lowest BCUT2D eigenvalue weighted by molar-refractivity contribution is -0.115. The molecule has 0 unspecified atom stereocenters. The second-order valence-electron chi connectivity index (χ2n) is 4.07. The van der Waals surface area contributed by atoms with Crippen LogP contribution in [0, 0.1) is 0 Å². The Bertz CT molecular complexity index is 609. The first kappa shape index (κ1) is 12.8. The van der Waals surface area contributed by atoms with Gasteiger partial charge in [0.1, 0.15) is 0 Å². The van der Waals surface area contributed by atoms with Gasteiger partial charge in [0, 0.05) is 12.6 Å². The van der Waals surface area contributed by atoms with Gasteiger partial charge in [0.15, 0.2) is 0 Å². The summed E-state index contributed by atoms with van der Waals surface area (Å²) in [4.78, 5) is 24.8. The molecular weight excluding hydrogens is 240 g/mol. The van der Waals surface area contributed by atoms with E-state index in [0.717, 1.165) is 0 Å². The fourth-order valence-corrected chi connectivity index (χ4v) is 1.94. The molecule has 19 heavy (non-hydrogen) atoms. The molecule has 2 rings (SSSR count). The SMILES string of the molecule is CC(=O)N(c1ccccc1)c1ccccc1C(N)=O. The monoisotopic (exact) mass is 254 g/mol. The van der Waals surface area contributed by atoms with Gasteiger partial charge in [0.05, 0.1) is 11.3 Å². The predicted octanol–water partition coefficient (Wildman–Crippen LogP) is 2.47. The average molecular weight is 254 g/mol. The van der Waals surface area contributed by atoms with Crippen molar-refractivity contribution in [3.8, 4) is 0 Å². The van der Waals surface area contributed by atoms with E-state index in [4.69, 9.17) is 5.73 Å². The highest BCUT2D eigenvalue weighted by Gasteiger charge is 2.19. The molecule has 2 amide bonds. The maximum Gasteiger partial charge on any atom is 0.250 e. The Labute approximate surface area is 111 Å². The van der Waals surface area contributed by atoms with Crippen molar-refractivity contribution in [2.75, 3.05) is 4.90 Å². The predicted molar refractivity (Wildman–Crippen MR) is 74.2 cm³/mol. The molecule has 0 heterocycles. The second-order valence-corrected chi connectivity index (χ2v) is 4.07. The quantitative estimate of drug-likeness (QED) is 0.914. The molecule has 4 nitrogen and oxygen atoms in total. The number of nitrogens with two attached hydrogens (primary N) is 1. The third kappa shape index (κ3) is 2.63. The first-order chi connectivity index (χ1) is 9.11.